The van der Waals surface area contributed by atoms with Gasteiger partial charge in [0.15, 0.2) is 46.5 Å². The summed E-state index contributed by atoms with van der Waals surface area (Å²) in [5, 5.41) is 18.4. The molecule has 2 aromatic rings. The van der Waals surface area contributed by atoms with Crippen LogP contribution >= 0.6 is 23.2 Å². The first-order valence-corrected chi connectivity index (χ1v) is 15.4. The molecule has 2 N–H and O–H groups in total. The van der Waals surface area contributed by atoms with Gasteiger partial charge in [-0.15, -0.1) is 0 Å². The maximum atomic E-state index is 13.8. The van der Waals surface area contributed by atoms with Gasteiger partial charge in [0.1, 0.15) is 6.61 Å². The molecule has 0 aromatic heterocycles. The van der Waals surface area contributed by atoms with Crippen LogP contribution in [-0.2, 0) is 27.5 Å². The van der Waals surface area contributed by atoms with Crippen LogP contribution in [0.2, 0.25) is 0 Å². The third-order valence-corrected chi connectivity index (χ3v) is 9.08. The van der Waals surface area contributed by atoms with Crippen LogP contribution in [0.3, 0.4) is 0 Å². The fourth-order valence-electron chi connectivity index (χ4n) is 5.47. The molecule has 0 saturated heterocycles. The van der Waals surface area contributed by atoms with Crippen LogP contribution in [0.4, 0.5) is 35.1 Å². The summed E-state index contributed by atoms with van der Waals surface area (Å²) in [6.45, 7) is 10.9. The molecule has 2 aromatic carbocycles. The second kappa shape index (κ2) is 15.8. The lowest BCUT2D eigenvalue weighted by Gasteiger charge is -2.10. The number of aliphatic hydroxyl groups excluding tert-OH is 1. The highest BCUT2D eigenvalue weighted by Gasteiger charge is 2.62. The topological polar surface area (TPSA) is 83.8 Å². The summed E-state index contributed by atoms with van der Waals surface area (Å²) in [5.41, 5.74) is -3.95. The maximum Gasteiger partial charge on any atom is 0.310 e. The molecule has 0 amide bonds. The Hall–Kier alpha value is -3.16. The molecule has 0 unspecified atom stereocenters. The van der Waals surface area contributed by atoms with E-state index >= 15 is 0 Å². The summed E-state index contributed by atoms with van der Waals surface area (Å²) in [6.07, 6.45) is 3.54. The van der Waals surface area contributed by atoms with E-state index in [9.17, 15) is 44.7 Å². The minimum absolute atomic E-state index is 0.104. The smallest absolute Gasteiger partial charge is 0.310 e. The first-order valence-electron chi connectivity index (χ1n) is 14.7. The summed E-state index contributed by atoms with van der Waals surface area (Å²) >= 11 is 11.5. The zero-order valence-corrected chi connectivity index (χ0v) is 29.3. The quantitative estimate of drug-likeness (QED) is 0.168. The van der Waals surface area contributed by atoms with E-state index in [1.54, 1.807) is 19.9 Å². The largest absolute Gasteiger partial charge is 0.481 e. The van der Waals surface area contributed by atoms with Crippen molar-refractivity contribution in [2.45, 2.75) is 68.6 Å². The predicted octanol–water partition coefficient (Wildman–Crippen LogP) is 9.54. The van der Waals surface area contributed by atoms with Crippen LogP contribution in [-0.4, -0.2) is 22.2 Å². The van der Waals surface area contributed by atoms with Gasteiger partial charge < -0.3 is 14.9 Å². The number of allylic oxidation sites excluding steroid dienone is 4. The van der Waals surface area contributed by atoms with Crippen LogP contribution in [0.5, 0.6) is 0 Å². The molecule has 0 heterocycles. The lowest BCUT2D eigenvalue weighted by molar-refractivity contribution is -0.147. The average molecular weight is 748 g/mol. The predicted molar refractivity (Wildman–Crippen MR) is 166 cm³/mol. The number of carbonyl (C=O) groups excluding carboxylic acids is 1. The summed E-state index contributed by atoms with van der Waals surface area (Å²) in [6, 6.07) is 0. The molecule has 49 heavy (non-hydrogen) atoms. The third kappa shape index (κ3) is 8.96. The lowest BCUT2D eigenvalue weighted by Crippen LogP contribution is -2.14. The zero-order valence-electron chi connectivity index (χ0n) is 27.8. The van der Waals surface area contributed by atoms with Gasteiger partial charge >= 0.3 is 11.9 Å². The van der Waals surface area contributed by atoms with E-state index in [1.165, 1.54) is 0 Å². The molecule has 2 aliphatic rings. The number of benzene rings is 2. The molecule has 15 heteroatoms. The SMILES string of the molecule is C/C(Cl)=C/[C@@H]1[C@H](C(=O)O)C1(C)C.C/C(Cl)=C/[C@@H]1[C@H](C(=O)OCc2c(F)c(F)c(C)c(F)c2F)C1(C)C.Cc1c(F)c(F)c(CO)c(F)c1F. The van der Waals surface area contributed by atoms with Crippen molar-refractivity contribution >= 4 is 35.1 Å². The Morgan fingerprint density at radius 2 is 1.00 bits per heavy atom. The Bertz CT molecular complexity index is 1620. The molecule has 4 atom stereocenters. The molecule has 5 nitrogen and oxygen atoms in total. The summed E-state index contributed by atoms with van der Waals surface area (Å²) in [7, 11) is 0. The van der Waals surface area contributed by atoms with Gasteiger partial charge in [-0.05, 0) is 50.4 Å². The molecule has 4 rings (SSSR count). The highest BCUT2D eigenvalue weighted by molar-refractivity contribution is 6.29. The number of carbonyl (C=O) groups is 2. The molecule has 2 aliphatic carbocycles. The average Bonchev–Trinajstić information content (AvgIpc) is 3.77. The van der Waals surface area contributed by atoms with Gasteiger partial charge in [0.05, 0.1) is 29.6 Å². The summed E-state index contributed by atoms with van der Waals surface area (Å²) in [4.78, 5) is 22.8. The van der Waals surface area contributed by atoms with Crippen molar-refractivity contribution in [3.8, 4) is 0 Å². The van der Waals surface area contributed by atoms with Crippen LogP contribution in [0.25, 0.3) is 0 Å². The molecule has 0 radical (unpaired) electrons. The highest BCUT2D eigenvalue weighted by Crippen LogP contribution is 2.60. The van der Waals surface area contributed by atoms with Gasteiger partial charge in [-0.2, -0.15) is 0 Å². The number of rotatable bonds is 7. The van der Waals surface area contributed by atoms with E-state index in [1.807, 2.05) is 33.8 Å². The second-order valence-corrected chi connectivity index (χ2v) is 14.2. The molecule has 2 fully saturated rings. The molecular weight excluding hydrogens is 711 g/mol. The minimum atomic E-state index is -1.55. The third-order valence-electron chi connectivity index (χ3n) is 8.82. The van der Waals surface area contributed by atoms with Gasteiger partial charge in [0.25, 0.3) is 0 Å². The number of hydrogen-bond donors (Lipinski definition) is 2. The van der Waals surface area contributed by atoms with Crippen molar-refractivity contribution in [1.29, 1.82) is 0 Å². The fraction of sp³-hybridized carbons (Fsp3) is 0.471. The van der Waals surface area contributed by atoms with Crippen LogP contribution < -0.4 is 0 Å². The van der Waals surface area contributed by atoms with E-state index in [-0.39, 0.29) is 23.2 Å². The monoisotopic (exact) mass is 746 g/mol. The number of carboxylic acid groups (broad SMARTS) is 1. The first kappa shape index (κ1) is 42.0. The first-order chi connectivity index (χ1) is 22.4. The highest BCUT2D eigenvalue weighted by atomic mass is 35.5. The van der Waals surface area contributed by atoms with Crippen LogP contribution in [0.1, 0.15) is 63.8 Å². The normalized spacial score (nSPS) is 21.9. The Morgan fingerprint density at radius 1 is 0.673 bits per heavy atom. The van der Waals surface area contributed by atoms with Gasteiger partial charge in [0.2, 0.25) is 0 Å². The number of ether oxygens (including phenoxy) is 1. The van der Waals surface area contributed by atoms with Crippen molar-refractivity contribution in [2.75, 3.05) is 0 Å². The van der Waals surface area contributed by atoms with Crippen molar-refractivity contribution in [3.05, 3.63) is 91.0 Å². The Kier molecular flexibility index (Phi) is 13.6. The summed E-state index contributed by atoms with van der Waals surface area (Å²) in [5.74, 6) is -14.4. The number of halogens is 10. The van der Waals surface area contributed by atoms with Gasteiger partial charge in [-0.3, -0.25) is 9.59 Å². The number of aliphatic carboxylic acids is 1. The second-order valence-electron chi connectivity index (χ2n) is 13.0. The van der Waals surface area contributed by atoms with Crippen molar-refractivity contribution in [3.63, 3.8) is 0 Å². The Labute approximate surface area is 288 Å². The van der Waals surface area contributed by atoms with E-state index < -0.39 is 105 Å². The maximum absolute atomic E-state index is 13.8. The molecule has 2 saturated carbocycles. The Morgan fingerprint density at radius 3 is 1.31 bits per heavy atom. The van der Waals surface area contributed by atoms with E-state index in [2.05, 4.69) is 0 Å². The number of carboxylic acids is 1. The van der Waals surface area contributed by atoms with Crippen LogP contribution in [0.15, 0.2) is 22.2 Å². The number of aliphatic hydroxyl groups is 1. The Balaban J connectivity index is 0.000000281. The molecular formula is C34H36Cl2F8O5. The summed E-state index contributed by atoms with van der Waals surface area (Å²) < 4.78 is 110. The fourth-order valence-corrected chi connectivity index (χ4v) is 5.74. The van der Waals surface area contributed by atoms with Crippen molar-refractivity contribution < 1.29 is 59.7 Å². The van der Waals surface area contributed by atoms with E-state index in [0.29, 0.717) is 10.1 Å². The van der Waals surface area contributed by atoms with Gasteiger partial charge in [-0.25, -0.2) is 35.1 Å². The lowest BCUT2D eigenvalue weighted by atomic mass is 10.1. The standard InChI is InChI=1S/C17H17ClF4O2.C9H13ClO2.C8H6F4O/c1-7(18)5-10-11(17(10,3)4)16(23)24-6-9-14(21)12(19)8(2)13(20)15(9)22;1-5(10)4-6-7(8(11)12)9(6,2)3;1-3-5(9)7(11)4(2-13)8(12)6(3)10/h5,10-11H,6H2,1-4H3;4,6-7H,1-3H3,(H,11,12);13H,2H2,1H3/b7-5-;5-4-;/t10-,11-;6-,7-;/m11./s1. The van der Waals surface area contributed by atoms with Gasteiger partial charge in [0, 0.05) is 21.2 Å². The zero-order chi connectivity index (χ0) is 38.1. The molecule has 0 spiro atoms. The van der Waals surface area contributed by atoms with Crippen molar-refractivity contribution in [1.82, 2.24) is 0 Å². The number of esters is 1. The van der Waals surface area contributed by atoms with E-state index in [0.717, 1.165) is 13.8 Å². The molecule has 0 aliphatic heterocycles. The van der Waals surface area contributed by atoms with E-state index in [4.69, 9.17) is 38.2 Å². The van der Waals surface area contributed by atoms with Gasteiger partial charge in [-0.1, -0.05) is 63.0 Å². The van der Waals surface area contributed by atoms with Crippen LogP contribution in [0, 0.1) is 94.9 Å². The van der Waals surface area contributed by atoms with Crippen molar-refractivity contribution in [2.24, 2.45) is 34.5 Å². The molecule has 0 bridgehead atoms. The molecule has 272 valence electrons. The minimum Gasteiger partial charge on any atom is -0.481 e. The number of hydrogen-bond acceptors (Lipinski definition) is 4.